The summed E-state index contributed by atoms with van der Waals surface area (Å²) in [7, 11) is 0. The summed E-state index contributed by atoms with van der Waals surface area (Å²) in [6, 6.07) is 20.4. The topological polar surface area (TPSA) is 20.3 Å². The molecule has 0 fully saturated rings. The molecule has 0 aromatic heterocycles. The normalized spacial score (nSPS) is 10.3. The van der Waals surface area contributed by atoms with Gasteiger partial charge in [-0.25, -0.2) is 0 Å². The monoisotopic (exact) mass is 305 g/mol. The maximum absolute atomic E-state index is 12.7. The van der Waals surface area contributed by atoms with Gasteiger partial charge in [-0.2, -0.15) is 0 Å². The minimum Gasteiger partial charge on any atom is -0.335 e. The van der Waals surface area contributed by atoms with Crippen molar-refractivity contribution in [2.75, 3.05) is 13.1 Å². The highest BCUT2D eigenvalue weighted by molar-refractivity contribution is 5.78. The van der Waals surface area contributed by atoms with Gasteiger partial charge in [-0.05, 0) is 11.1 Å². The molecule has 1 amide bonds. The molecule has 0 aliphatic rings. The lowest BCUT2D eigenvalue weighted by Gasteiger charge is -2.24. The van der Waals surface area contributed by atoms with E-state index in [1.165, 1.54) is 0 Å². The predicted octanol–water partition coefficient (Wildman–Crippen LogP) is 4.41. The third-order valence-corrected chi connectivity index (χ3v) is 3.83. The summed E-state index contributed by atoms with van der Waals surface area (Å²) >= 11 is 0. The Hall–Kier alpha value is -2.61. The fourth-order valence-electron chi connectivity index (χ4n) is 2.69. The second-order valence-corrected chi connectivity index (χ2v) is 5.45. The molecule has 118 valence electrons. The Morgan fingerprint density at radius 2 is 1.30 bits per heavy atom. The molecule has 0 aliphatic heterocycles. The Kier molecular flexibility index (Phi) is 6.37. The average Bonchev–Trinajstić information content (AvgIpc) is 2.61. The molecule has 23 heavy (non-hydrogen) atoms. The number of nitrogens with zero attached hydrogens (tertiary/aromatic N) is 1. The Bertz CT molecular complexity index is 584. The lowest BCUT2D eigenvalue weighted by molar-refractivity contribution is -0.130. The molecule has 2 heteroatoms. The van der Waals surface area contributed by atoms with Gasteiger partial charge in [0.1, 0.15) is 0 Å². The van der Waals surface area contributed by atoms with Crippen LogP contribution in [0.3, 0.4) is 0 Å². The molecular formula is C21H23NO. The van der Waals surface area contributed by atoms with Crippen LogP contribution in [0.2, 0.25) is 0 Å². The van der Waals surface area contributed by atoms with Crippen LogP contribution in [0.4, 0.5) is 0 Å². The maximum Gasteiger partial charge on any atom is 0.224 e. The number of amides is 1. The van der Waals surface area contributed by atoms with E-state index in [0.717, 1.165) is 11.1 Å². The van der Waals surface area contributed by atoms with Crippen LogP contribution in [0.1, 0.15) is 23.5 Å². The first-order valence-electron chi connectivity index (χ1n) is 7.85. The van der Waals surface area contributed by atoms with Gasteiger partial charge in [0.2, 0.25) is 5.91 Å². The van der Waals surface area contributed by atoms with Crippen molar-refractivity contribution in [3.05, 3.63) is 97.1 Å². The zero-order valence-electron chi connectivity index (χ0n) is 13.4. The van der Waals surface area contributed by atoms with Crippen LogP contribution in [0.5, 0.6) is 0 Å². The number of rotatable bonds is 8. The molecule has 0 N–H and O–H groups in total. The van der Waals surface area contributed by atoms with E-state index < -0.39 is 0 Å². The highest BCUT2D eigenvalue weighted by Crippen LogP contribution is 2.28. The molecule has 0 heterocycles. The van der Waals surface area contributed by atoms with Gasteiger partial charge in [-0.15, -0.1) is 13.2 Å². The average molecular weight is 305 g/mol. The summed E-state index contributed by atoms with van der Waals surface area (Å²) in [5, 5.41) is 0. The van der Waals surface area contributed by atoms with Crippen molar-refractivity contribution in [2.45, 2.75) is 12.3 Å². The molecule has 2 aromatic rings. The van der Waals surface area contributed by atoms with Crippen molar-refractivity contribution >= 4 is 5.91 Å². The van der Waals surface area contributed by atoms with Gasteiger partial charge in [0.05, 0.1) is 0 Å². The molecular weight excluding hydrogens is 282 g/mol. The van der Waals surface area contributed by atoms with E-state index in [4.69, 9.17) is 0 Å². The molecule has 0 saturated carbocycles. The van der Waals surface area contributed by atoms with Crippen molar-refractivity contribution in [1.82, 2.24) is 4.90 Å². The van der Waals surface area contributed by atoms with E-state index in [1.54, 1.807) is 17.1 Å². The highest BCUT2D eigenvalue weighted by Gasteiger charge is 2.20. The first-order valence-corrected chi connectivity index (χ1v) is 7.85. The Labute approximate surface area is 138 Å². The minimum atomic E-state index is 0.0574. The summed E-state index contributed by atoms with van der Waals surface area (Å²) in [6.45, 7) is 8.55. The van der Waals surface area contributed by atoms with Crippen molar-refractivity contribution in [3.63, 3.8) is 0 Å². The Morgan fingerprint density at radius 3 is 1.70 bits per heavy atom. The van der Waals surface area contributed by atoms with Crippen LogP contribution in [-0.4, -0.2) is 23.9 Å². The van der Waals surface area contributed by atoms with E-state index in [-0.39, 0.29) is 11.8 Å². The van der Waals surface area contributed by atoms with Crippen molar-refractivity contribution in [2.24, 2.45) is 0 Å². The van der Waals surface area contributed by atoms with Gasteiger partial charge in [0.25, 0.3) is 0 Å². The number of benzene rings is 2. The van der Waals surface area contributed by atoms with Gasteiger partial charge in [0, 0.05) is 25.4 Å². The summed E-state index contributed by atoms with van der Waals surface area (Å²) < 4.78 is 0. The smallest absolute Gasteiger partial charge is 0.224 e. The van der Waals surface area contributed by atoms with E-state index in [2.05, 4.69) is 37.4 Å². The van der Waals surface area contributed by atoms with Crippen LogP contribution in [0, 0.1) is 0 Å². The molecule has 0 unspecified atom stereocenters. The van der Waals surface area contributed by atoms with Crippen LogP contribution in [-0.2, 0) is 4.79 Å². The van der Waals surface area contributed by atoms with E-state index >= 15 is 0 Å². The summed E-state index contributed by atoms with van der Waals surface area (Å²) in [4.78, 5) is 14.5. The van der Waals surface area contributed by atoms with Crippen LogP contribution in [0.25, 0.3) is 0 Å². The molecule has 2 rings (SSSR count). The van der Waals surface area contributed by atoms with Gasteiger partial charge in [-0.1, -0.05) is 72.8 Å². The van der Waals surface area contributed by atoms with Crippen molar-refractivity contribution in [1.29, 1.82) is 0 Å². The second-order valence-electron chi connectivity index (χ2n) is 5.45. The highest BCUT2D eigenvalue weighted by atomic mass is 16.2. The summed E-state index contributed by atoms with van der Waals surface area (Å²) in [6.07, 6.45) is 3.94. The molecule has 0 radical (unpaired) electrons. The lowest BCUT2D eigenvalue weighted by Crippen LogP contribution is -2.32. The predicted molar refractivity (Wildman–Crippen MR) is 96.3 cm³/mol. The molecule has 0 aliphatic carbocycles. The number of carbonyl (C=O) groups excluding carboxylic acids is 1. The SMILES string of the molecule is C=CCN(CC=C)C(=O)CC(c1ccccc1)c1ccccc1. The Balaban J connectivity index is 2.26. The Morgan fingerprint density at radius 1 is 0.870 bits per heavy atom. The molecule has 2 nitrogen and oxygen atoms in total. The van der Waals surface area contributed by atoms with Crippen molar-refractivity contribution in [3.8, 4) is 0 Å². The van der Waals surface area contributed by atoms with Crippen LogP contribution in [0.15, 0.2) is 86.0 Å². The van der Waals surface area contributed by atoms with Crippen LogP contribution >= 0.6 is 0 Å². The molecule has 0 spiro atoms. The second kappa shape index (κ2) is 8.74. The lowest BCUT2D eigenvalue weighted by atomic mass is 9.88. The summed E-state index contributed by atoms with van der Waals surface area (Å²) in [5.41, 5.74) is 2.31. The van der Waals surface area contributed by atoms with Gasteiger partial charge in [0.15, 0.2) is 0 Å². The molecule has 0 saturated heterocycles. The van der Waals surface area contributed by atoms with E-state index in [0.29, 0.717) is 19.5 Å². The number of hydrogen-bond acceptors (Lipinski definition) is 1. The number of carbonyl (C=O) groups is 1. The van der Waals surface area contributed by atoms with Gasteiger partial charge >= 0.3 is 0 Å². The van der Waals surface area contributed by atoms with Crippen molar-refractivity contribution < 1.29 is 4.79 Å². The standard InChI is InChI=1S/C21H23NO/c1-3-15-22(16-4-2)21(23)17-20(18-11-7-5-8-12-18)19-13-9-6-10-14-19/h3-14,20H,1-2,15-17H2. The summed E-state index contributed by atoms with van der Waals surface area (Å²) in [5.74, 6) is 0.171. The van der Waals surface area contributed by atoms with E-state index in [9.17, 15) is 4.79 Å². The molecule has 2 aromatic carbocycles. The van der Waals surface area contributed by atoms with Crippen LogP contribution < -0.4 is 0 Å². The van der Waals surface area contributed by atoms with E-state index in [1.807, 2.05) is 36.4 Å². The first kappa shape index (κ1) is 16.8. The molecule has 0 atom stereocenters. The quantitative estimate of drug-likeness (QED) is 0.662. The minimum absolute atomic E-state index is 0.0574. The van der Waals surface area contributed by atoms with Gasteiger partial charge < -0.3 is 4.90 Å². The fourth-order valence-corrected chi connectivity index (χ4v) is 2.69. The number of hydrogen-bond donors (Lipinski definition) is 0. The fraction of sp³-hybridized carbons (Fsp3) is 0.190. The van der Waals surface area contributed by atoms with Gasteiger partial charge in [-0.3, -0.25) is 4.79 Å². The largest absolute Gasteiger partial charge is 0.335 e. The third-order valence-electron chi connectivity index (χ3n) is 3.83. The zero-order valence-corrected chi connectivity index (χ0v) is 13.4. The first-order chi connectivity index (χ1) is 11.3. The third kappa shape index (κ3) is 4.68. The maximum atomic E-state index is 12.7. The zero-order chi connectivity index (χ0) is 16.5. The molecule has 0 bridgehead atoms.